The Balaban J connectivity index is 1.24. The second-order valence-corrected chi connectivity index (χ2v) is 11.0. The molecule has 2 aromatic heterocycles. The number of ether oxygens (including phenoxy) is 1. The van der Waals surface area contributed by atoms with Crippen molar-refractivity contribution in [3.8, 4) is 11.4 Å². The van der Waals surface area contributed by atoms with Gasteiger partial charge in [0.25, 0.3) is 5.69 Å². The van der Waals surface area contributed by atoms with E-state index in [4.69, 9.17) is 4.74 Å². The number of carbonyl (C=O) groups excluding carboxylic acids is 1. The molecule has 0 fully saturated rings. The Hall–Kier alpha value is -5.07. The molecule has 0 spiro atoms. The van der Waals surface area contributed by atoms with Crippen molar-refractivity contribution in [2.45, 2.75) is 52.8 Å². The van der Waals surface area contributed by atoms with Gasteiger partial charge in [0.1, 0.15) is 24.1 Å². The summed E-state index contributed by atoms with van der Waals surface area (Å²) in [5, 5.41) is 19.0. The third-order valence-corrected chi connectivity index (χ3v) is 7.49. The summed E-state index contributed by atoms with van der Waals surface area (Å²) in [5.41, 5.74) is 1.75. The number of hydrogen-bond acceptors (Lipinski definition) is 8. The predicted octanol–water partition coefficient (Wildman–Crippen LogP) is 3.10. The van der Waals surface area contributed by atoms with Crippen LogP contribution in [0.3, 0.4) is 0 Å². The van der Waals surface area contributed by atoms with Crippen molar-refractivity contribution in [1.29, 1.82) is 0 Å². The largest absolute Gasteiger partial charge is 0.487 e. The lowest BCUT2D eigenvalue weighted by atomic mass is 9.74. The van der Waals surface area contributed by atoms with Gasteiger partial charge in [-0.3, -0.25) is 14.9 Å². The second kappa shape index (κ2) is 9.54. The number of fused-ring (bicyclic) bond motifs is 2. The fourth-order valence-electron chi connectivity index (χ4n) is 5.59. The first-order valence-electron chi connectivity index (χ1n) is 13.2. The summed E-state index contributed by atoms with van der Waals surface area (Å²) >= 11 is 0. The average Bonchev–Trinajstić information content (AvgIpc) is 3.61. The van der Waals surface area contributed by atoms with Gasteiger partial charge < -0.3 is 4.74 Å². The first-order valence-corrected chi connectivity index (χ1v) is 13.2. The van der Waals surface area contributed by atoms with Crippen LogP contribution in [0, 0.1) is 15.5 Å². The average molecular weight is 558 g/mol. The lowest BCUT2D eigenvalue weighted by Gasteiger charge is -2.30. The van der Waals surface area contributed by atoms with Crippen molar-refractivity contribution in [2.75, 3.05) is 0 Å². The molecule has 3 heterocycles. The van der Waals surface area contributed by atoms with E-state index < -0.39 is 22.3 Å². The maximum atomic E-state index is 13.3. The molecule has 1 unspecified atom stereocenters. The lowest BCUT2D eigenvalue weighted by Crippen LogP contribution is -2.33. The van der Waals surface area contributed by atoms with Crippen molar-refractivity contribution in [3.63, 3.8) is 0 Å². The normalized spacial score (nSPS) is 17.4. The number of hydrogen-bond donors (Lipinski definition) is 0. The molecule has 0 amide bonds. The highest BCUT2D eigenvalue weighted by atomic mass is 16.6. The minimum atomic E-state index is -0.697. The first kappa shape index (κ1) is 26.2. The summed E-state index contributed by atoms with van der Waals surface area (Å²) in [6, 6.07) is 12.3. The molecule has 0 N–H and O–H groups in total. The summed E-state index contributed by atoms with van der Waals surface area (Å²) in [4.78, 5) is 50.2. The number of Topliss-reactive ketones (excluding diaryl/α,β-unsaturated/α-hetero) is 1. The molecular formula is C28H27N7O6. The van der Waals surface area contributed by atoms with Crippen LogP contribution in [-0.4, -0.2) is 39.6 Å². The van der Waals surface area contributed by atoms with Gasteiger partial charge in [0, 0.05) is 30.7 Å². The Morgan fingerprint density at radius 3 is 2.39 bits per heavy atom. The summed E-state index contributed by atoms with van der Waals surface area (Å²) in [7, 11) is 0. The lowest BCUT2D eigenvalue weighted by molar-refractivity contribution is -0.384. The minimum Gasteiger partial charge on any atom is -0.487 e. The highest BCUT2D eigenvalue weighted by molar-refractivity contribution is 6.04. The van der Waals surface area contributed by atoms with Crippen LogP contribution in [0.15, 0.2) is 69.9 Å². The zero-order valence-electron chi connectivity index (χ0n) is 22.7. The fourth-order valence-corrected chi connectivity index (χ4v) is 5.59. The highest BCUT2D eigenvalue weighted by Gasteiger charge is 2.45. The number of nitro benzene ring substituents is 1. The van der Waals surface area contributed by atoms with E-state index in [-0.39, 0.29) is 30.0 Å². The number of allylic oxidation sites excluding steroid dienone is 2. The van der Waals surface area contributed by atoms with E-state index in [1.807, 2.05) is 13.8 Å². The van der Waals surface area contributed by atoms with Crippen LogP contribution in [0.4, 0.5) is 5.69 Å². The van der Waals surface area contributed by atoms with Gasteiger partial charge in [-0.2, -0.15) is 0 Å². The van der Waals surface area contributed by atoms with Gasteiger partial charge in [-0.25, -0.2) is 28.2 Å². The van der Waals surface area contributed by atoms with E-state index in [9.17, 15) is 24.5 Å². The Morgan fingerprint density at radius 2 is 1.73 bits per heavy atom. The van der Waals surface area contributed by atoms with Crippen LogP contribution >= 0.6 is 0 Å². The molecular weight excluding hydrogens is 530 g/mol. The van der Waals surface area contributed by atoms with E-state index >= 15 is 0 Å². The third-order valence-electron chi connectivity index (χ3n) is 7.49. The number of rotatable bonds is 7. The van der Waals surface area contributed by atoms with Crippen molar-refractivity contribution in [1.82, 2.24) is 28.9 Å². The summed E-state index contributed by atoms with van der Waals surface area (Å²) < 4.78 is 11.4. The Morgan fingerprint density at radius 1 is 1.02 bits per heavy atom. The van der Waals surface area contributed by atoms with Crippen LogP contribution in [0.25, 0.3) is 11.4 Å². The molecule has 1 atom stereocenters. The van der Waals surface area contributed by atoms with Gasteiger partial charge in [0.05, 0.1) is 22.5 Å². The van der Waals surface area contributed by atoms with E-state index in [0.29, 0.717) is 46.8 Å². The number of nitrogens with zero attached hydrogens (tertiary/aromatic N) is 7. The predicted molar refractivity (Wildman–Crippen MR) is 147 cm³/mol. The van der Waals surface area contributed by atoms with E-state index in [1.165, 1.54) is 30.7 Å². The van der Waals surface area contributed by atoms with Crippen LogP contribution in [0.2, 0.25) is 0 Å². The van der Waals surface area contributed by atoms with Crippen molar-refractivity contribution in [2.24, 2.45) is 5.41 Å². The third kappa shape index (κ3) is 4.39. The molecule has 2 aliphatic rings. The van der Waals surface area contributed by atoms with E-state index in [0.717, 1.165) is 0 Å². The minimum absolute atomic E-state index is 0.0150. The SMILES string of the molecule is CCn1c(=O)n2n(c1=O)C(c1ccc(OCc3cn(-c4ccc([N+](=O)[O-])cc4)nn3)cc1)C1=C2CC(C)(C)CC1=O. The molecule has 0 saturated heterocycles. The van der Waals surface area contributed by atoms with Crippen molar-refractivity contribution < 1.29 is 14.5 Å². The number of benzene rings is 2. The number of non-ortho nitro benzene ring substituents is 1. The van der Waals surface area contributed by atoms with E-state index in [2.05, 4.69) is 10.3 Å². The molecule has 0 bridgehead atoms. The van der Waals surface area contributed by atoms with E-state index in [1.54, 1.807) is 49.5 Å². The molecule has 0 saturated carbocycles. The van der Waals surface area contributed by atoms with Crippen LogP contribution in [0.1, 0.15) is 50.9 Å². The molecule has 13 heteroatoms. The molecule has 1 aliphatic carbocycles. The monoisotopic (exact) mass is 557 g/mol. The number of aromatic nitrogens is 6. The molecule has 1 aliphatic heterocycles. The van der Waals surface area contributed by atoms with Crippen molar-refractivity contribution in [3.05, 3.63) is 103 Å². The topological polar surface area (TPSA) is 149 Å². The smallest absolute Gasteiger partial charge is 0.351 e. The van der Waals surface area contributed by atoms with Gasteiger partial charge in [-0.15, -0.1) is 5.10 Å². The fraction of sp³-hybridized carbons (Fsp3) is 0.321. The molecule has 13 nitrogen and oxygen atoms in total. The Bertz CT molecular complexity index is 1840. The van der Waals surface area contributed by atoms with Crippen LogP contribution < -0.4 is 16.1 Å². The summed E-state index contributed by atoms with van der Waals surface area (Å²) in [5.74, 6) is 0.480. The maximum absolute atomic E-state index is 13.3. The van der Waals surface area contributed by atoms with Crippen molar-refractivity contribution >= 4 is 17.2 Å². The molecule has 6 rings (SSSR count). The van der Waals surface area contributed by atoms with Gasteiger partial charge in [0.2, 0.25) is 0 Å². The van der Waals surface area contributed by atoms with Gasteiger partial charge >= 0.3 is 11.4 Å². The Kier molecular flexibility index (Phi) is 6.09. The standard InChI is InChI=1S/C28H27N7O6/c1-4-31-26(37)33-22-13-28(2,3)14-23(36)24(22)25(34(33)27(31)38)17-5-11-21(12-6-17)41-16-18-15-32(30-29-18)19-7-9-20(10-8-19)35(39)40/h5-12,15,25H,4,13-14,16H2,1-3H3. The molecule has 41 heavy (non-hydrogen) atoms. The van der Waals surface area contributed by atoms with Gasteiger partial charge in [-0.05, 0) is 48.6 Å². The number of carbonyl (C=O) groups is 1. The summed E-state index contributed by atoms with van der Waals surface area (Å²) in [6.07, 6.45) is 2.52. The van der Waals surface area contributed by atoms with Gasteiger partial charge in [0.15, 0.2) is 5.78 Å². The highest BCUT2D eigenvalue weighted by Crippen LogP contribution is 2.46. The number of ketones is 1. The van der Waals surface area contributed by atoms with Crippen LogP contribution in [0.5, 0.6) is 5.75 Å². The zero-order valence-corrected chi connectivity index (χ0v) is 22.7. The second-order valence-electron chi connectivity index (χ2n) is 11.0. The zero-order chi connectivity index (χ0) is 29.1. The Labute approximate surface area is 233 Å². The van der Waals surface area contributed by atoms with Gasteiger partial charge in [-0.1, -0.05) is 31.2 Å². The molecule has 210 valence electrons. The maximum Gasteiger partial charge on any atom is 0.351 e. The summed E-state index contributed by atoms with van der Waals surface area (Å²) in [6.45, 7) is 6.08. The molecule has 0 radical (unpaired) electrons. The quantitative estimate of drug-likeness (QED) is 0.249. The molecule has 2 aromatic carbocycles. The van der Waals surface area contributed by atoms with Crippen LogP contribution in [-0.2, 0) is 17.9 Å². The first-order chi connectivity index (χ1) is 19.6. The molecule has 4 aromatic rings. The number of nitro groups is 1.